The normalized spacial score (nSPS) is 10.7. The van der Waals surface area contributed by atoms with Crippen LogP contribution in [0.5, 0.6) is 0 Å². The Bertz CT molecular complexity index is 860. The Balaban J connectivity index is 2.15. The minimum absolute atomic E-state index is 0.182. The molecule has 2 aromatic rings. The second kappa shape index (κ2) is 7.57. The summed E-state index contributed by atoms with van der Waals surface area (Å²) in [5, 5.41) is 11.8. The Hall–Kier alpha value is -2.92. The zero-order chi connectivity index (χ0) is 17.6. The molecule has 1 heterocycles. The predicted molar refractivity (Wildman–Crippen MR) is 89.4 cm³/mol. The highest BCUT2D eigenvalue weighted by atomic mass is 32.2. The maximum Gasteiger partial charge on any atom is 0.241 e. The number of sulfonamides is 1. The van der Waals surface area contributed by atoms with E-state index in [-0.39, 0.29) is 17.8 Å². The first-order valence-electron chi connectivity index (χ1n) is 7.04. The zero-order valence-corrected chi connectivity index (χ0v) is 13.8. The summed E-state index contributed by atoms with van der Waals surface area (Å²) in [6.45, 7) is -0.137. The van der Waals surface area contributed by atoms with Gasteiger partial charge in [-0.1, -0.05) is 12.1 Å². The summed E-state index contributed by atoms with van der Waals surface area (Å²) in [4.78, 5) is 16.0. The molecule has 0 bridgehead atoms. The third-order valence-corrected chi connectivity index (χ3v) is 4.35. The van der Waals surface area contributed by atoms with Gasteiger partial charge in [0.25, 0.3) is 0 Å². The van der Waals surface area contributed by atoms with Gasteiger partial charge in [-0.15, -0.1) is 0 Å². The van der Waals surface area contributed by atoms with Crippen molar-refractivity contribution < 1.29 is 13.2 Å². The average molecular weight is 344 g/mol. The Morgan fingerprint density at radius 3 is 2.54 bits per heavy atom. The van der Waals surface area contributed by atoms with Crippen molar-refractivity contribution in [3.8, 4) is 6.07 Å². The van der Waals surface area contributed by atoms with E-state index in [1.807, 2.05) is 6.07 Å². The molecular weight excluding hydrogens is 328 g/mol. The van der Waals surface area contributed by atoms with E-state index in [0.29, 0.717) is 0 Å². The van der Waals surface area contributed by atoms with Gasteiger partial charge >= 0.3 is 0 Å². The number of aromatic nitrogens is 1. The number of hydrogen-bond acceptors (Lipinski definition) is 5. The number of amides is 1. The van der Waals surface area contributed by atoms with Crippen LogP contribution in [0.15, 0.2) is 48.8 Å². The Morgan fingerprint density at radius 1 is 1.25 bits per heavy atom. The SMILES string of the molecule is CS(=O)(=O)N(CC(=O)NCc1ccncc1)c1ccccc1C#N. The predicted octanol–water partition coefficient (Wildman–Crippen LogP) is 1.04. The van der Waals surface area contributed by atoms with E-state index in [0.717, 1.165) is 16.1 Å². The highest BCUT2D eigenvalue weighted by Gasteiger charge is 2.23. The van der Waals surface area contributed by atoms with Crippen LogP contribution in [0.3, 0.4) is 0 Å². The number of nitrogens with one attached hydrogen (secondary N) is 1. The van der Waals surface area contributed by atoms with Crippen LogP contribution >= 0.6 is 0 Å². The summed E-state index contributed by atoms with van der Waals surface area (Å²) in [6.07, 6.45) is 4.21. The van der Waals surface area contributed by atoms with Crippen molar-refractivity contribution in [3.63, 3.8) is 0 Å². The van der Waals surface area contributed by atoms with E-state index in [1.165, 1.54) is 12.1 Å². The summed E-state index contributed by atoms with van der Waals surface area (Å²) < 4.78 is 25.0. The second-order valence-electron chi connectivity index (χ2n) is 5.03. The molecule has 0 fully saturated rings. The number of pyridine rings is 1. The molecule has 0 aliphatic heterocycles. The molecule has 0 saturated carbocycles. The zero-order valence-electron chi connectivity index (χ0n) is 13.0. The second-order valence-corrected chi connectivity index (χ2v) is 6.94. The molecular formula is C16H16N4O3S. The quantitative estimate of drug-likeness (QED) is 0.843. The standard InChI is InChI=1S/C16H16N4O3S/c1-24(22,23)20(15-5-3-2-4-14(15)10-17)12-16(21)19-11-13-6-8-18-9-7-13/h2-9H,11-12H2,1H3,(H,19,21). The number of benzene rings is 1. The van der Waals surface area contributed by atoms with Crippen molar-refractivity contribution >= 4 is 21.6 Å². The summed E-state index contributed by atoms with van der Waals surface area (Å²) in [5.41, 5.74) is 1.22. The first kappa shape index (κ1) is 17.4. The highest BCUT2D eigenvalue weighted by molar-refractivity contribution is 7.92. The molecule has 1 aromatic carbocycles. The van der Waals surface area contributed by atoms with E-state index in [9.17, 15) is 13.2 Å². The molecule has 8 heteroatoms. The van der Waals surface area contributed by atoms with Gasteiger partial charge in [-0.25, -0.2) is 8.42 Å². The van der Waals surface area contributed by atoms with Crippen molar-refractivity contribution in [2.24, 2.45) is 0 Å². The molecule has 1 amide bonds. The fourth-order valence-corrected chi connectivity index (χ4v) is 2.92. The van der Waals surface area contributed by atoms with Crippen LogP contribution in [0.1, 0.15) is 11.1 Å². The number of para-hydroxylation sites is 1. The molecule has 0 spiro atoms. The van der Waals surface area contributed by atoms with Crippen molar-refractivity contribution in [2.75, 3.05) is 17.1 Å². The van der Waals surface area contributed by atoms with Gasteiger partial charge in [0.2, 0.25) is 15.9 Å². The average Bonchev–Trinajstić information content (AvgIpc) is 2.58. The van der Waals surface area contributed by atoms with Crippen molar-refractivity contribution in [1.82, 2.24) is 10.3 Å². The van der Waals surface area contributed by atoms with Gasteiger partial charge in [0.05, 0.1) is 17.5 Å². The number of carbonyl (C=O) groups is 1. The third-order valence-electron chi connectivity index (χ3n) is 3.22. The molecule has 0 aliphatic carbocycles. The Kier molecular flexibility index (Phi) is 5.50. The van der Waals surface area contributed by atoms with E-state index < -0.39 is 22.5 Å². The number of nitrogens with zero attached hydrogens (tertiary/aromatic N) is 3. The lowest BCUT2D eigenvalue weighted by Crippen LogP contribution is -2.40. The van der Waals surface area contributed by atoms with E-state index >= 15 is 0 Å². The van der Waals surface area contributed by atoms with Gasteiger partial charge in [0.1, 0.15) is 12.6 Å². The minimum Gasteiger partial charge on any atom is -0.350 e. The number of rotatable bonds is 6. The summed E-state index contributed by atoms with van der Waals surface area (Å²) in [6, 6.07) is 11.7. The number of nitriles is 1. The molecule has 0 radical (unpaired) electrons. The number of anilines is 1. The molecule has 124 valence electrons. The van der Waals surface area contributed by atoms with Gasteiger partial charge in [-0.2, -0.15) is 5.26 Å². The van der Waals surface area contributed by atoms with Crippen molar-refractivity contribution in [1.29, 1.82) is 5.26 Å². The van der Waals surface area contributed by atoms with Gasteiger partial charge in [-0.3, -0.25) is 14.1 Å². The highest BCUT2D eigenvalue weighted by Crippen LogP contribution is 2.21. The summed E-state index contributed by atoms with van der Waals surface area (Å²) >= 11 is 0. The van der Waals surface area contributed by atoms with Gasteiger partial charge < -0.3 is 5.32 Å². The lowest BCUT2D eigenvalue weighted by atomic mass is 10.2. The summed E-state index contributed by atoms with van der Waals surface area (Å²) in [5.74, 6) is -0.468. The van der Waals surface area contributed by atoms with Crippen LogP contribution in [0.25, 0.3) is 0 Å². The first-order valence-corrected chi connectivity index (χ1v) is 8.89. The van der Waals surface area contributed by atoms with Crippen LogP contribution in [0.4, 0.5) is 5.69 Å². The van der Waals surface area contributed by atoms with Gasteiger partial charge in [0, 0.05) is 18.9 Å². The molecule has 7 nitrogen and oxygen atoms in total. The lowest BCUT2D eigenvalue weighted by Gasteiger charge is -2.22. The largest absolute Gasteiger partial charge is 0.350 e. The number of hydrogen-bond donors (Lipinski definition) is 1. The number of carbonyl (C=O) groups excluding carboxylic acids is 1. The monoisotopic (exact) mass is 344 g/mol. The maximum absolute atomic E-state index is 12.1. The van der Waals surface area contributed by atoms with Crippen molar-refractivity contribution in [3.05, 3.63) is 59.9 Å². The van der Waals surface area contributed by atoms with Crippen LogP contribution < -0.4 is 9.62 Å². The summed E-state index contributed by atoms with van der Waals surface area (Å²) in [7, 11) is -3.72. The molecule has 0 saturated heterocycles. The fourth-order valence-electron chi connectivity index (χ4n) is 2.05. The van der Waals surface area contributed by atoms with Crippen LogP contribution in [0.2, 0.25) is 0 Å². The molecule has 1 N–H and O–H groups in total. The van der Waals surface area contributed by atoms with Crippen LogP contribution in [-0.2, 0) is 21.4 Å². The molecule has 2 rings (SSSR count). The molecule has 24 heavy (non-hydrogen) atoms. The molecule has 0 unspecified atom stereocenters. The molecule has 0 aliphatic rings. The van der Waals surface area contributed by atoms with Crippen LogP contribution in [0, 0.1) is 11.3 Å². The topological polar surface area (TPSA) is 103 Å². The van der Waals surface area contributed by atoms with Gasteiger partial charge in [0.15, 0.2) is 0 Å². The first-order chi connectivity index (χ1) is 11.4. The van der Waals surface area contributed by atoms with Gasteiger partial charge in [-0.05, 0) is 29.8 Å². The molecule has 1 aromatic heterocycles. The Morgan fingerprint density at radius 2 is 1.92 bits per heavy atom. The van der Waals surface area contributed by atoms with Crippen molar-refractivity contribution in [2.45, 2.75) is 6.54 Å². The van der Waals surface area contributed by atoms with E-state index in [2.05, 4.69) is 10.3 Å². The Labute approximate surface area is 140 Å². The fraction of sp³-hybridized carbons (Fsp3) is 0.188. The minimum atomic E-state index is -3.72. The van der Waals surface area contributed by atoms with Crippen LogP contribution in [-0.4, -0.2) is 32.1 Å². The van der Waals surface area contributed by atoms with E-state index in [4.69, 9.17) is 5.26 Å². The third kappa shape index (κ3) is 4.54. The van der Waals surface area contributed by atoms with E-state index in [1.54, 1.807) is 36.7 Å². The maximum atomic E-state index is 12.1. The lowest BCUT2D eigenvalue weighted by molar-refractivity contribution is -0.119. The molecule has 0 atom stereocenters. The smallest absolute Gasteiger partial charge is 0.241 e.